The minimum Gasteiger partial charge on any atom is -0.465 e. The number of carbonyl (C=O) groups is 1. The summed E-state index contributed by atoms with van der Waals surface area (Å²) in [5.41, 5.74) is 2.40. The standard InChI is InChI=1S/C26H42O2/c1-24(2,3)23(27)28-17-14-19-10-12-21-20-11-9-18-8-6-7-15-25(18,4)22(20)13-16-26(19,21)5/h8,19-22H,6-7,9-17H2,1-5H3/t19-,20+,21+,22+,25+,26-/m1/s1. The molecule has 0 aromatic carbocycles. The second-order valence-corrected chi connectivity index (χ2v) is 11.9. The Kier molecular flexibility index (Phi) is 5.24. The Balaban J connectivity index is 1.43. The molecule has 0 bridgehead atoms. The van der Waals surface area contributed by atoms with E-state index in [9.17, 15) is 4.79 Å². The van der Waals surface area contributed by atoms with Gasteiger partial charge in [0.05, 0.1) is 12.0 Å². The molecule has 0 unspecified atom stereocenters. The number of hydrogen-bond donors (Lipinski definition) is 0. The molecule has 0 saturated heterocycles. The molecule has 2 heteroatoms. The van der Waals surface area contributed by atoms with Gasteiger partial charge in [0.25, 0.3) is 0 Å². The molecule has 28 heavy (non-hydrogen) atoms. The molecular weight excluding hydrogens is 344 g/mol. The van der Waals surface area contributed by atoms with E-state index in [4.69, 9.17) is 4.74 Å². The third-order valence-corrected chi connectivity index (χ3v) is 9.54. The van der Waals surface area contributed by atoms with Crippen molar-refractivity contribution in [3.63, 3.8) is 0 Å². The van der Waals surface area contributed by atoms with Crippen molar-refractivity contribution >= 4 is 5.97 Å². The summed E-state index contributed by atoms with van der Waals surface area (Å²) in [6.07, 6.45) is 16.2. The first-order chi connectivity index (χ1) is 13.2. The molecule has 3 fully saturated rings. The molecule has 0 aliphatic heterocycles. The first-order valence-corrected chi connectivity index (χ1v) is 12.0. The topological polar surface area (TPSA) is 26.3 Å². The fourth-order valence-corrected chi connectivity index (χ4v) is 7.85. The molecule has 4 rings (SSSR count). The number of rotatable bonds is 3. The summed E-state index contributed by atoms with van der Waals surface area (Å²) in [5, 5.41) is 0. The number of carbonyl (C=O) groups excluding carboxylic acids is 1. The summed E-state index contributed by atoms with van der Waals surface area (Å²) in [7, 11) is 0. The number of esters is 1. The lowest BCUT2D eigenvalue weighted by Crippen LogP contribution is -2.50. The molecular formula is C26H42O2. The van der Waals surface area contributed by atoms with E-state index in [1.807, 2.05) is 26.3 Å². The van der Waals surface area contributed by atoms with Gasteiger partial charge in [-0.3, -0.25) is 4.79 Å². The van der Waals surface area contributed by atoms with Crippen molar-refractivity contribution in [3.8, 4) is 0 Å². The van der Waals surface area contributed by atoms with E-state index in [1.54, 1.807) is 0 Å². The van der Waals surface area contributed by atoms with Crippen LogP contribution in [0.25, 0.3) is 0 Å². The Hall–Kier alpha value is -0.790. The van der Waals surface area contributed by atoms with E-state index < -0.39 is 0 Å². The largest absolute Gasteiger partial charge is 0.465 e. The van der Waals surface area contributed by atoms with Crippen LogP contribution >= 0.6 is 0 Å². The minimum absolute atomic E-state index is 0.0484. The summed E-state index contributed by atoms with van der Waals surface area (Å²) in [6, 6.07) is 0. The van der Waals surface area contributed by atoms with E-state index >= 15 is 0 Å². The van der Waals surface area contributed by atoms with Gasteiger partial charge in [-0.1, -0.05) is 25.5 Å². The molecule has 0 aromatic heterocycles. The molecule has 0 aromatic rings. The SMILES string of the molecule is CC(C)(C)C(=O)OCC[C@H]1CC[C@H]2[C@@H]3CCC4=CCCC[C@]4(C)[C@H]3CC[C@]12C. The molecule has 2 nitrogen and oxygen atoms in total. The van der Waals surface area contributed by atoms with Crippen molar-refractivity contribution < 1.29 is 9.53 Å². The highest BCUT2D eigenvalue weighted by atomic mass is 16.5. The number of fused-ring (bicyclic) bond motifs is 5. The highest BCUT2D eigenvalue weighted by Gasteiger charge is 2.58. The van der Waals surface area contributed by atoms with Gasteiger partial charge >= 0.3 is 5.97 Å². The minimum atomic E-state index is -0.386. The van der Waals surface area contributed by atoms with Crippen LogP contribution in [0.5, 0.6) is 0 Å². The molecule has 158 valence electrons. The van der Waals surface area contributed by atoms with Crippen molar-refractivity contribution in [2.75, 3.05) is 6.61 Å². The highest BCUT2D eigenvalue weighted by Crippen LogP contribution is 2.67. The fraction of sp³-hybridized carbons (Fsp3) is 0.885. The molecule has 0 N–H and O–H groups in total. The average Bonchev–Trinajstić information content (AvgIpc) is 2.97. The van der Waals surface area contributed by atoms with Gasteiger partial charge in [-0.15, -0.1) is 0 Å². The van der Waals surface area contributed by atoms with Crippen LogP contribution in [0.3, 0.4) is 0 Å². The van der Waals surface area contributed by atoms with Crippen LogP contribution in [-0.2, 0) is 9.53 Å². The normalized spacial score (nSPS) is 42.8. The first kappa shape index (κ1) is 20.5. The quantitative estimate of drug-likeness (QED) is 0.388. The maximum Gasteiger partial charge on any atom is 0.311 e. The van der Waals surface area contributed by atoms with Crippen LogP contribution in [0.2, 0.25) is 0 Å². The molecule has 0 heterocycles. The molecule has 0 amide bonds. The lowest BCUT2D eigenvalue weighted by atomic mass is 9.47. The summed E-state index contributed by atoms with van der Waals surface area (Å²) < 4.78 is 5.64. The van der Waals surface area contributed by atoms with E-state index in [0.717, 1.165) is 30.1 Å². The maximum absolute atomic E-state index is 12.1. The van der Waals surface area contributed by atoms with Gasteiger partial charge in [0.1, 0.15) is 0 Å². The monoisotopic (exact) mass is 386 g/mol. The Labute approximate surface area is 172 Å². The zero-order valence-electron chi connectivity index (χ0n) is 19.0. The number of allylic oxidation sites excluding steroid dienone is 2. The van der Waals surface area contributed by atoms with Gasteiger partial charge in [0, 0.05) is 0 Å². The fourth-order valence-electron chi connectivity index (χ4n) is 7.85. The van der Waals surface area contributed by atoms with Crippen molar-refractivity contribution in [1.82, 2.24) is 0 Å². The van der Waals surface area contributed by atoms with Gasteiger partial charge in [0.2, 0.25) is 0 Å². The Morgan fingerprint density at radius 2 is 1.89 bits per heavy atom. The molecule has 0 radical (unpaired) electrons. The molecule has 4 aliphatic rings. The second kappa shape index (κ2) is 7.17. The summed E-state index contributed by atoms with van der Waals surface area (Å²) in [5.74, 6) is 3.44. The molecule has 0 spiro atoms. The lowest BCUT2D eigenvalue weighted by Gasteiger charge is -2.58. The van der Waals surface area contributed by atoms with Gasteiger partial charge in [0.15, 0.2) is 0 Å². The van der Waals surface area contributed by atoms with E-state index in [1.165, 1.54) is 57.8 Å². The second-order valence-electron chi connectivity index (χ2n) is 11.9. The van der Waals surface area contributed by atoms with Crippen LogP contribution in [0.4, 0.5) is 0 Å². The smallest absolute Gasteiger partial charge is 0.311 e. The zero-order chi connectivity index (χ0) is 20.2. The molecule has 6 atom stereocenters. The van der Waals surface area contributed by atoms with Gasteiger partial charge in [-0.05, 0) is 119 Å². The lowest BCUT2D eigenvalue weighted by molar-refractivity contribution is -0.153. The zero-order valence-corrected chi connectivity index (χ0v) is 19.0. The predicted molar refractivity (Wildman–Crippen MR) is 115 cm³/mol. The van der Waals surface area contributed by atoms with Gasteiger partial charge in [-0.2, -0.15) is 0 Å². The first-order valence-electron chi connectivity index (χ1n) is 12.0. The molecule has 4 aliphatic carbocycles. The Morgan fingerprint density at radius 1 is 1.11 bits per heavy atom. The number of hydrogen-bond acceptors (Lipinski definition) is 2. The summed E-state index contributed by atoms with van der Waals surface area (Å²) in [4.78, 5) is 12.1. The van der Waals surface area contributed by atoms with Gasteiger partial charge in [-0.25, -0.2) is 0 Å². The van der Waals surface area contributed by atoms with Crippen LogP contribution in [-0.4, -0.2) is 12.6 Å². The van der Waals surface area contributed by atoms with E-state index in [2.05, 4.69) is 19.9 Å². The predicted octanol–water partition coefficient (Wildman–Crippen LogP) is 6.93. The van der Waals surface area contributed by atoms with Crippen molar-refractivity contribution in [2.45, 2.75) is 98.8 Å². The van der Waals surface area contributed by atoms with Crippen molar-refractivity contribution in [1.29, 1.82) is 0 Å². The van der Waals surface area contributed by atoms with Crippen LogP contribution in [0.1, 0.15) is 98.8 Å². The summed E-state index contributed by atoms with van der Waals surface area (Å²) in [6.45, 7) is 11.6. The van der Waals surface area contributed by atoms with Crippen molar-refractivity contribution in [3.05, 3.63) is 11.6 Å². The van der Waals surface area contributed by atoms with Gasteiger partial charge < -0.3 is 4.74 Å². The highest BCUT2D eigenvalue weighted by molar-refractivity contribution is 5.75. The number of ether oxygens (including phenoxy) is 1. The maximum atomic E-state index is 12.1. The van der Waals surface area contributed by atoms with Crippen LogP contribution in [0, 0.1) is 39.9 Å². The van der Waals surface area contributed by atoms with Crippen LogP contribution in [0.15, 0.2) is 11.6 Å². The Bertz CT molecular complexity index is 641. The third kappa shape index (κ3) is 3.27. The Morgan fingerprint density at radius 3 is 2.64 bits per heavy atom. The average molecular weight is 387 g/mol. The van der Waals surface area contributed by atoms with Crippen LogP contribution < -0.4 is 0 Å². The summed E-state index contributed by atoms with van der Waals surface area (Å²) >= 11 is 0. The molecule has 3 saturated carbocycles. The third-order valence-electron chi connectivity index (χ3n) is 9.54. The van der Waals surface area contributed by atoms with Crippen molar-refractivity contribution in [2.24, 2.45) is 39.9 Å². The van der Waals surface area contributed by atoms with E-state index in [-0.39, 0.29) is 11.4 Å². The van der Waals surface area contributed by atoms with E-state index in [0.29, 0.717) is 17.4 Å².